The van der Waals surface area contributed by atoms with Gasteiger partial charge in [0.25, 0.3) is 0 Å². The predicted molar refractivity (Wildman–Crippen MR) is 92.7 cm³/mol. The van der Waals surface area contributed by atoms with Gasteiger partial charge in [-0.15, -0.1) is 11.8 Å². The van der Waals surface area contributed by atoms with Gasteiger partial charge < -0.3 is 11.1 Å². The van der Waals surface area contributed by atoms with E-state index in [4.69, 9.17) is 5.73 Å². The molecule has 1 amide bonds. The van der Waals surface area contributed by atoms with Crippen LogP contribution >= 0.6 is 11.8 Å². The molecule has 0 aliphatic heterocycles. The molecule has 1 aromatic carbocycles. The zero-order valence-corrected chi connectivity index (χ0v) is 14.0. The molecule has 0 spiro atoms. The third kappa shape index (κ3) is 4.40. The smallest absolute Gasteiger partial charge is 0.237 e. The summed E-state index contributed by atoms with van der Waals surface area (Å²) in [5.74, 6) is 0.870. The maximum atomic E-state index is 12.4. The fraction of sp³-hybridized carbons (Fsp3) is 0.588. The number of rotatable bonds is 4. The lowest BCUT2D eigenvalue weighted by molar-refractivity contribution is -0.115. The van der Waals surface area contributed by atoms with Gasteiger partial charge in [0.05, 0.1) is 5.25 Å². The Bertz CT molecular complexity index is 504. The standard InChI is InChI=1S/C17H26N2OS/c1-11-6-4-7-14(10-11)21-13(3)17(20)19-16-9-5-8-15(18)12(16)2/h5,8-9,11,13-14H,4,6-7,10,18H2,1-3H3,(H,19,20). The van der Waals surface area contributed by atoms with E-state index in [1.165, 1.54) is 25.7 Å². The van der Waals surface area contributed by atoms with Gasteiger partial charge in [-0.2, -0.15) is 0 Å². The number of hydrogen-bond acceptors (Lipinski definition) is 3. The van der Waals surface area contributed by atoms with Gasteiger partial charge >= 0.3 is 0 Å². The van der Waals surface area contributed by atoms with Crippen molar-refractivity contribution in [3.05, 3.63) is 23.8 Å². The van der Waals surface area contributed by atoms with Crippen LogP contribution in [0, 0.1) is 12.8 Å². The highest BCUT2D eigenvalue weighted by Gasteiger charge is 2.24. The van der Waals surface area contributed by atoms with Crippen LogP contribution in [-0.4, -0.2) is 16.4 Å². The van der Waals surface area contributed by atoms with Gasteiger partial charge in [-0.05, 0) is 50.3 Å². The summed E-state index contributed by atoms with van der Waals surface area (Å²) in [4.78, 5) is 12.4. The molecule has 4 heteroatoms. The zero-order chi connectivity index (χ0) is 15.4. The molecule has 2 rings (SSSR count). The normalized spacial score (nSPS) is 23.6. The molecule has 3 unspecified atom stereocenters. The molecule has 1 aliphatic rings. The average Bonchev–Trinajstić information content (AvgIpc) is 2.44. The highest BCUT2D eigenvalue weighted by atomic mass is 32.2. The Hall–Kier alpha value is -1.16. The van der Waals surface area contributed by atoms with Crippen molar-refractivity contribution in [3.8, 4) is 0 Å². The summed E-state index contributed by atoms with van der Waals surface area (Å²) < 4.78 is 0. The molecule has 0 saturated heterocycles. The van der Waals surface area contributed by atoms with Crippen LogP contribution < -0.4 is 11.1 Å². The quantitative estimate of drug-likeness (QED) is 0.819. The highest BCUT2D eigenvalue weighted by molar-refractivity contribution is 8.01. The topological polar surface area (TPSA) is 55.1 Å². The maximum Gasteiger partial charge on any atom is 0.237 e. The fourth-order valence-electron chi connectivity index (χ4n) is 2.88. The van der Waals surface area contributed by atoms with Crippen LogP contribution in [0.2, 0.25) is 0 Å². The van der Waals surface area contributed by atoms with E-state index in [9.17, 15) is 4.79 Å². The third-order valence-electron chi connectivity index (χ3n) is 4.29. The Kier molecular flexibility index (Phi) is 5.57. The summed E-state index contributed by atoms with van der Waals surface area (Å²) >= 11 is 1.82. The first-order chi connectivity index (χ1) is 9.97. The van der Waals surface area contributed by atoms with Crippen molar-refractivity contribution >= 4 is 29.0 Å². The third-order valence-corrected chi connectivity index (χ3v) is 5.72. The number of thioether (sulfide) groups is 1. The van der Waals surface area contributed by atoms with Crippen LogP contribution in [0.15, 0.2) is 18.2 Å². The number of nitrogen functional groups attached to an aromatic ring is 1. The molecule has 0 bridgehead atoms. The maximum absolute atomic E-state index is 12.4. The van der Waals surface area contributed by atoms with Gasteiger partial charge in [0.15, 0.2) is 0 Å². The molecular formula is C17H26N2OS. The van der Waals surface area contributed by atoms with Crippen molar-refractivity contribution in [2.24, 2.45) is 5.92 Å². The van der Waals surface area contributed by atoms with E-state index >= 15 is 0 Å². The fourth-order valence-corrected chi connectivity index (χ4v) is 4.38. The minimum atomic E-state index is -0.0267. The van der Waals surface area contributed by atoms with Crippen LogP contribution in [0.25, 0.3) is 0 Å². The van der Waals surface area contributed by atoms with Crippen molar-refractivity contribution in [1.82, 2.24) is 0 Å². The number of amides is 1. The van der Waals surface area contributed by atoms with Gasteiger partial charge in [0.2, 0.25) is 5.91 Å². The van der Waals surface area contributed by atoms with E-state index in [1.54, 1.807) is 0 Å². The van der Waals surface area contributed by atoms with E-state index in [0.29, 0.717) is 10.9 Å². The van der Waals surface area contributed by atoms with Crippen LogP contribution in [0.1, 0.15) is 45.1 Å². The summed E-state index contributed by atoms with van der Waals surface area (Å²) in [5.41, 5.74) is 8.36. The summed E-state index contributed by atoms with van der Waals surface area (Å²) in [5, 5.41) is 3.61. The molecule has 0 heterocycles. The molecular weight excluding hydrogens is 280 g/mol. The Morgan fingerprint density at radius 1 is 1.43 bits per heavy atom. The first-order valence-corrected chi connectivity index (χ1v) is 8.73. The van der Waals surface area contributed by atoms with Gasteiger partial charge in [-0.25, -0.2) is 0 Å². The van der Waals surface area contributed by atoms with E-state index in [0.717, 1.165) is 17.2 Å². The monoisotopic (exact) mass is 306 g/mol. The molecule has 3 nitrogen and oxygen atoms in total. The molecule has 1 fully saturated rings. The first-order valence-electron chi connectivity index (χ1n) is 7.78. The van der Waals surface area contributed by atoms with Crippen LogP contribution in [0.5, 0.6) is 0 Å². The van der Waals surface area contributed by atoms with Gasteiger partial charge in [-0.1, -0.05) is 25.8 Å². The van der Waals surface area contributed by atoms with Crippen LogP contribution in [0.3, 0.4) is 0 Å². The second-order valence-corrected chi connectivity index (χ2v) is 7.83. The summed E-state index contributed by atoms with van der Waals surface area (Å²) in [7, 11) is 0. The SMILES string of the molecule is Cc1c(N)cccc1NC(=O)C(C)SC1CCCC(C)C1. The Balaban J connectivity index is 1.91. The molecule has 1 saturated carbocycles. The molecule has 3 atom stereocenters. The largest absolute Gasteiger partial charge is 0.398 e. The van der Waals surface area contributed by atoms with Crippen LogP contribution in [0.4, 0.5) is 11.4 Å². The lowest BCUT2D eigenvalue weighted by Gasteiger charge is -2.28. The Morgan fingerprint density at radius 2 is 2.19 bits per heavy atom. The molecule has 116 valence electrons. The molecule has 21 heavy (non-hydrogen) atoms. The number of hydrogen-bond donors (Lipinski definition) is 2. The molecule has 1 aliphatic carbocycles. The van der Waals surface area contributed by atoms with E-state index in [1.807, 2.05) is 43.8 Å². The van der Waals surface area contributed by atoms with Crippen molar-refractivity contribution in [2.45, 2.75) is 57.0 Å². The van der Waals surface area contributed by atoms with E-state index in [2.05, 4.69) is 12.2 Å². The number of carbonyl (C=O) groups is 1. The summed E-state index contributed by atoms with van der Waals surface area (Å²) in [6.45, 7) is 6.25. The van der Waals surface area contributed by atoms with Gasteiger partial charge in [-0.3, -0.25) is 4.79 Å². The molecule has 0 aromatic heterocycles. The van der Waals surface area contributed by atoms with Gasteiger partial charge in [0.1, 0.15) is 0 Å². The molecule has 0 radical (unpaired) electrons. The minimum Gasteiger partial charge on any atom is -0.398 e. The second kappa shape index (κ2) is 7.21. The number of benzene rings is 1. The Morgan fingerprint density at radius 3 is 2.90 bits per heavy atom. The van der Waals surface area contributed by atoms with E-state index < -0.39 is 0 Å². The first kappa shape index (κ1) is 16.2. The van der Waals surface area contributed by atoms with Crippen molar-refractivity contribution in [2.75, 3.05) is 11.1 Å². The lowest BCUT2D eigenvalue weighted by atomic mass is 9.91. The highest BCUT2D eigenvalue weighted by Crippen LogP contribution is 2.34. The predicted octanol–water partition coefficient (Wildman–Crippen LogP) is 4.22. The Labute approximate surface area is 132 Å². The van der Waals surface area contributed by atoms with Crippen molar-refractivity contribution < 1.29 is 4.79 Å². The van der Waals surface area contributed by atoms with Crippen molar-refractivity contribution in [3.63, 3.8) is 0 Å². The lowest BCUT2D eigenvalue weighted by Crippen LogP contribution is -2.27. The average molecular weight is 306 g/mol. The van der Waals surface area contributed by atoms with Crippen molar-refractivity contribution in [1.29, 1.82) is 0 Å². The summed E-state index contributed by atoms with van der Waals surface area (Å²) in [6, 6.07) is 5.63. The van der Waals surface area contributed by atoms with Crippen LogP contribution in [-0.2, 0) is 4.79 Å². The number of nitrogens with two attached hydrogens (primary N) is 1. The number of nitrogens with one attached hydrogen (secondary N) is 1. The van der Waals surface area contributed by atoms with Gasteiger partial charge in [0, 0.05) is 16.6 Å². The zero-order valence-electron chi connectivity index (χ0n) is 13.2. The number of anilines is 2. The number of carbonyl (C=O) groups excluding carboxylic acids is 1. The minimum absolute atomic E-state index is 0.0267. The second-order valence-electron chi connectivity index (χ2n) is 6.18. The summed E-state index contributed by atoms with van der Waals surface area (Å²) in [6.07, 6.45) is 5.10. The molecule has 1 aromatic rings. The van der Waals surface area contributed by atoms with E-state index in [-0.39, 0.29) is 11.2 Å². The molecule has 3 N–H and O–H groups in total.